The SMILES string of the molecule is O=C(O)c1ccc(NC(=O)c2ccc(Br)cc2Br)c(O)c1. The molecule has 0 aliphatic rings. The fourth-order valence-corrected chi connectivity index (χ4v) is 2.86. The first-order valence-electron chi connectivity index (χ1n) is 5.71. The Morgan fingerprint density at radius 3 is 2.33 bits per heavy atom. The summed E-state index contributed by atoms with van der Waals surface area (Å²) in [6.07, 6.45) is 0. The molecule has 3 N–H and O–H groups in total. The average Bonchev–Trinajstić information content (AvgIpc) is 2.40. The molecule has 0 aliphatic carbocycles. The molecule has 0 radical (unpaired) electrons. The van der Waals surface area contributed by atoms with Crippen molar-refractivity contribution in [2.75, 3.05) is 5.32 Å². The van der Waals surface area contributed by atoms with E-state index in [0.29, 0.717) is 10.0 Å². The van der Waals surface area contributed by atoms with Crippen LogP contribution in [0.4, 0.5) is 5.69 Å². The van der Waals surface area contributed by atoms with Crippen LogP contribution >= 0.6 is 31.9 Å². The zero-order valence-electron chi connectivity index (χ0n) is 10.4. The van der Waals surface area contributed by atoms with Crippen LogP contribution < -0.4 is 5.32 Å². The molecule has 21 heavy (non-hydrogen) atoms. The standard InChI is InChI=1S/C14H9Br2NO4/c15-8-2-3-9(10(16)6-8)13(19)17-11-4-1-7(14(20)21)5-12(11)18/h1-6,18H,(H,17,19)(H,20,21). The second kappa shape index (κ2) is 6.28. The molecule has 108 valence electrons. The smallest absolute Gasteiger partial charge is 0.335 e. The Labute approximate surface area is 136 Å². The number of amides is 1. The number of halogens is 2. The van der Waals surface area contributed by atoms with E-state index in [1.807, 2.05) is 0 Å². The molecule has 0 spiro atoms. The molecule has 0 unspecified atom stereocenters. The fraction of sp³-hybridized carbons (Fsp3) is 0. The number of carboxylic acid groups (broad SMARTS) is 1. The Hall–Kier alpha value is -1.86. The molecule has 5 nitrogen and oxygen atoms in total. The molecule has 0 saturated heterocycles. The van der Waals surface area contributed by atoms with Crippen LogP contribution in [0.3, 0.4) is 0 Å². The van der Waals surface area contributed by atoms with Gasteiger partial charge in [-0.1, -0.05) is 15.9 Å². The monoisotopic (exact) mass is 413 g/mol. The lowest BCUT2D eigenvalue weighted by molar-refractivity contribution is 0.0696. The summed E-state index contributed by atoms with van der Waals surface area (Å²) in [5.74, 6) is -1.89. The van der Waals surface area contributed by atoms with E-state index < -0.39 is 11.9 Å². The molecule has 1 amide bonds. The van der Waals surface area contributed by atoms with Crippen molar-refractivity contribution in [1.82, 2.24) is 0 Å². The highest BCUT2D eigenvalue weighted by Gasteiger charge is 2.14. The van der Waals surface area contributed by atoms with Crippen molar-refractivity contribution in [2.45, 2.75) is 0 Å². The number of rotatable bonds is 3. The molecule has 0 aromatic heterocycles. The van der Waals surface area contributed by atoms with Gasteiger partial charge in [-0.05, 0) is 52.3 Å². The minimum atomic E-state index is -1.15. The zero-order valence-corrected chi connectivity index (χ0v) is 13.6. The second-order valence-electron chi connectivity index (χ2n) is 4.12. The maximum atomic E-state index is 12.1. The topological polar surface area (TPSA) is 86.6 Å². The van der Waals surface area contributed by atoms with E-state index in [1.54, 1.807) is 18.2 Å². The van der Waals surface area contributed by atoms with E-state index in [4.69, 9.17) is 5.11 Å². The summed E-state index contributed by atoms with van der Waals surface area (Å²) in [4.78, 5) is 22.9. The van der Waals surface area contributed by atoms with Gasteiger partial charge in [0.25, 0.3) is 5.91 Å². The molecule has 2 aromatic rings. The average molecular weight is 415 g/mol. The Bertz CT molecular complexity index is 731. The summed E-state index contributed by atoms with van der Waals surface area (Å²) in [5.41, 5.74) is 0.468. The van der Waals surface area contributed by atoms with E-state index in [-0.39, 0.29) is 17.0 Å². The summed E-state index contributed by atoms with van der Waals surface area (Å²) >= 11 is 6.57. The number of carbonyl (C=O) groups is 2. The number of carboxylic acids is 1. The van der Waals surface area contributed by atoms with Crippen LogP contribution in [0.5, 0.6) is 5.75 Å². The number of hydrogen-bond donors (Lipinski definition) is 3. The number of phenolic OH excluding ortho intramolecular Hbond substituents is 1. The van der Waals surface area contributed by atoms with Crippen molar-refractivity contribution in [1.29, 1.82) is 0 Å². The first-order valence-corrected chi connectivity index (χ1v) is 7.30. The molecule has 0 heterocycles. The van der Waals surface area contributed by atoms with Gasteiger partial charge in [0.15, 0.2) is 0 Å². The van der Waals surface area contributed by atoms with Crippen molar-refractivity contribution >= 4 is 49.4 Å². The Balaban J connectivity index is 2.25. The first-order chi connectivity index (χ1) is 9.88. The van der Waals surface area contributed by atoms with Crippen molar-refractivity contribution in [3.05, 3.63) is 56.5 Å². The molecule has 0 bridgehead atoms. The number of carbonyl (C=O) groups excluding carboxylic acids is 1. The number of phenols is 1. The fourth-order valence-electron chi connectivity index (χ4n) is 1.63. The predicted octanol–water partition coefficient (Wildman–Crippen LogP) is 3.87. The molecule has 2 aromatic carbocycles. The molecule has 7 heteroatoms. The molecular weight excluding hydrogens is 406 g/mol. The number of benzene rings is 2. The quantitative estimate of drug-likeness (QED) is 0.665. The lowest BCUT2D eigenvalue weighted by atomic mass is 10.1. The first kappa shape index (κ1) is 15.5. The third kappa shape index (κ3) is 3.62. The third-order valence-electron chi connectivity index (χ3n) is 2.67. The lowest BCUT2D eigenvalue weighted by Crippen LogP contribution is -2.13. The van der Waals surface area contributed by atoms with Gasteiger partial charge in [-0.2, -0.15) is 0 Å². The van der Waals surface area contributed by atoms with Crippen LogP contribution in [0.15, 0.2) is 45.3 Å². The lowest BCUT2D eigenvalue weighted by Gasteiger charge is -2.09. The molecular formula is C14H9Br2NO4. The van der Waals surface area contributed by atoms with Gasteiger partial charge >= 0.3 is 5.97 Å². The molecule has 0 saturated carbocycles. The predicted molar refractivity (Wildman–Crippen MR) is 84.9 cm³/mol. The molecule has 2 rings (SSSR count). The summed E-state index contributed by atoms with van der Waals surface area (Å²) in [6, 6.07) is 8.77. The molecule has 0 aliphatic heterocycles. The van der Waals surface area contributed by atoms with E-state index in [1.165, 1.54) is 12.1 Å². The summed E-state index contributed by atoms with van der Waals surface area (Å²) in [7, 11) is 0. The van der Waals surface area contributed by atoms with Crippen LogP contribution in [0.2, 0.25) is 0 Å². The van der Waals surface area contributed by atoms with E-state index >= 15 is 0 Å². The van der Waals surface area contributed by atoms with E-state index in [9.17, 15) is 14.7 Å². The Morgan fingerprint density at radius 1 is 1.05 bits per heavy atom. The van der Waals surface area contributed by atoms with Crippen molar-refractivity contribution in [3.8, 4) is 5.75 Å². The van der Waals surface area contributed by atoms with Crippen molar-refractivity contribution < 1.29 is 19.8 Å². The van der Waals surface area contributed by atoms with Gasteiger partial charge in [-0.3, -0.25) is 4.79 Å². The normalized spacial score (nSPS) is 10.2. The summed E-state index contributed by atoms with van der Waals surface area (Å²) < 4.78 is 1.41. The van der Waals surface area contributed by atoms with Crippen molar-refractivity contribution in [3.63, 3.8) is 0 Å². The van der Waals surface area contributed by atoms with Gasteiger partial charge in [0, 0.05) is 8.95 Å². The van der Waals surface area contributed by atoms with Gasteiger partial charge in [0.2, 0.25) is 0 Å². The van der Waals surface area contributed by atoms with E-state index in [2.05, 4.69) is 37.2 Å². The maximum absolute atomic E-state index is 12.1. The van der Waals surface area contributed by atoms with Gasteiger partial charge in [0.1, 0.15) is 5.75 Å². The van der Waals surface area contributed by atoms with Gasteiger partial charge in [-0.25, -0.2) is 4.79 Å². The Morgan fingerprint density at radius 2 is 1.76 bits per heavy atom. The van der Waals surface area contributed by atoms with E-state index in [0.717, 1.165) is 10.5 Å². The van der Waals surface area contributed by atoms with Crippen molar-refractivity contribution in [2.24, 2.45) is 0 Å². The minimum Gasteiger partial charge on any atom is -0.506 e. The third-order valence-corrected chi connectivity index (χ3v) is 3.82. The number of hydrogen-bond acceptors (Lipinski definition) is 3. The van der Waals surface area contributed by atoms with Gasteiger partial charge in [-0.15, -0.1) is 0 Å². The second-order valence-corrected chi connectivity index (χ2v) is 5.89. The zero-order chi connectivity index (χ0) is 15.6. The number of aromatic carboxylic acids is 1. The maximum Gasteiger partial charge on any atom is 0.335 e. The number of nitrogens with one attached hydrogen (secondary N) is 1. The molecule has 0 fully saturated rings. The molecule has 0 atom stereocenters. The highest BCUT2D eigenvalue weighted by molar-refractivity contribution is 9.11. The largest absolute Gasteiger partial charge is 0.506 e. The van der Waals surface area contributed by atoms with Crippen LogP contribution in [-0.2, 0) is 0 Å². The van der Waals surface area contributed by atoms with Crippen LogP contribution in [0, 0.1) is 0 Å². The van der Waals surface area contributed by atoms with Crippen LogP contribution in [0.25, 0.3) is 0 Å². The summed E-state index contributed by atoms with van der Waals surface area (Å²) in [6.45, 7) is 0. The Kier molecular flexibility index (Phi) is 4.64. The van der Waals surface area contributed by atoms with Crippen LogP contribution in [-0.4, -0.2) is 22.1 Å². The number of anilines is 1. The highest BCUT2D eigenvalue weighted by atomic mass is 79.9. The van der Waals surface area contributed by atoms with Gasteiger partial charge < -0.3 is 15.5 Å². The highest BCUT2D eigenvalue weighted by Crippen LogP contribution is 2.27. The minimum absolute atomic E-state index is 0.0599. The number of aromatic hydroxyl groups is 1. The summed E-state index contributed by atoms with van der Waals surface area (Å²) in [5, 5.41) is 21.1. The van der Waals surface area contributed by atoms with Crippen LogP contribution in [0.1, 0.15) is 20.7 Å². The van der Waals surface area contributed by atoms with Gasteiger partial charge in [0.05, 0.1) is 16.8 Å².